The van der Waals surface area contributed by atoms with Gasteiger partial charge in [0.05, 0.1) is 10.6 Å². The van der Waals surface area contributed by atoms with Gasteiger partial charge in [0.15, 0.2) is 0 Å². The zero-order valence-corrected chi connectivity index (χ0v) is 19.7. The van der Waals surface area contributed by atoms with E-state index in [2.05, 4.69) is 21.2 Å². The summed E-state index contributed by atoms with van der Waals surface area (Å²) < 4.78 is 28.8. The Morgan fingerprint density at radius 1 is 0.906 bits per heavy atom. The lowest BCUT2D eigenvalue weighted by Crippen LogP contribution is -2.38. The lowest BCUT2D eigenvalue weighted by molar-refractivity contribution is -0.114. The number of rotatable bonds is 6. The molecule has 4 rings (SSSR count). The van der Waals surface area contributed by atoms with Crippen LogP contribution in [0.3, 0.4) is 0 Å². The molecule has 0 bridgehead atoms. The lowest BCUT2D eigenvalue weighted by atomic mass is 10.1. The second kappa shape index (κ2) is 9.14. The van der Waals surface area contributed by atoms with Crippen molar-refractivity contribution in [3.05, 3.63) is 101 Å². The Bertz CT molecular complexity index is 1380. The van der Waals surface area contributed by atoms with Crippen molar-refractivity contribution >= 4 is 54.0 Å². The van der Waals surface area contributed by atoms with Crippen LogP contribution in [0.5, 0.6) is 0 Å². The fourth-order valence-electron chi connectivity index (χ4n) is 3.44. The molecule has 0 spiro atoms. The van der Waals surface area contributed by atoms with Gasteiger partial charge in [-0.25, -0.2) is 8.42 Å². The molecular weight excluding hydrogens is 488 g/mol. The van der Waals surface area contributed by atoms with Crippen molar-refractivity contribution in [2.45, 2.75) is 11.8 Å². The molecule has 1 amide bonds. The molecule has 0 unspecified atom stereocenters. The molecule has 7 heteroatoms. The van der Waals surface area contributed by atoms with Crippen LogP contribution in [-0.4, -0.2) is 20.9 Å². The monoisotopic (exact) mass is 508 g/mol. The van der Waals surface area contributed by atoms with Gasteiger partial charge in [-0.2, -0.15) is 0 Å². The van der Waals surface area contributed by atoms with Gasteiger partial charge >= 0.3 is 0 Å². The van der Waals surface area contributed by atoms with Gasteiger partial charge in [-0.1, -0.05) is 76.1 Å². The highest BCUT2D eigenvalue weighted by Gasteiger charge is 2.27. The number of sulfonamides is 1. The summed E-state index contributed by atoms with van der Waals surface area (Å²) in [5, 5.41) is 4.75. The van der Waals surface area contributed by atoms with Crippen LogP contribution in [0.25, 0.3) is 10.8 Å². The van der Waals surface area contributed by atoms with E-state index in [-0.39, 0.29) is 11.4 Å². The third-order valence-corrected chi connectivity index (χ3v) is 7.34. The van der Waals surface area contributed by atoms with Crippen LogP contribution in [0.2, 0.25) is 0 Å². The summed E-state index contributed by atoms with van der Waals surface area (Å²) in [4.78, 5) is 13.2. The van der Waals surface area contributed by atoms with Crippen LogP contribution >= 0.6 is 15.9 Å². The molecule has 0 saturated heterocycles. The number of benzene rings is 4. The molecular formula is C25H21BrN2O3S. The molecule has 162 valence electrons. The van der Waals surface area contributed by atoms with Crippen LogP contribution in [0, 0.1) is 6.92 Å². The normalized spacial score (nSPS) is 11.3. The van der Waals surface area contributed by atoms with E-state index in [1.54, 1.807) is 54.6 Å². The minimum Gasteiger partial charge on any atom is -0.324 e. The zero-order chi connectivity index (χ0) is 22.7. The third kappa shape index (κ3) is 4.69. The van der Waals surface area contributed by atoms with Crippen LogP contribution in [0.4, 0.5) is 11.4 Å². The van der Waals surface area contributed by atoms with E-state index in [1.165, 1.54) is 0 Å². The quantitative estimate of drug-likeness (QED) is 0.360. The van der Waals surface area contributed by atoms with Crippen LogP contribution in [-0.2, 0) is 14.8 Å². The summed E-state index contributed by atoms with van der Waals surface area (Å²) in [7, 11) is -3.97. The SMILES string of the molecule is Cc1ccc(S(=O)(=O)N(CC(=O)Nc2cccc3ccccc23)c2cccc(Br)c2)cc1. The van der Waals surface area contributed by atoms with Crippen molar-refractivity contribution in [3.8, 4) is 0 Å². The molecule has 0 aromatic heterocycles. The summed E-state index contributed by atoms with van der Waals surface area (Å²) in [5.74, 6) is -0.433. The number of aryl methyl sites for hydroxylation is 1. The minimum absolute atomic E-state index is 0.126. The Morgan fingerprint density at radius 3 is 2.34 bits per heavy atom. The summed E-state index contributed by atoms with van der Waals surface area (Å²) >= 11 is 3.39. The standard InChI is InChI=1S/C25H21BrN2O3S/c1-18-12-14-22(15-13-18)32(30,31)28(21-9-5-8-20(26)16-21)17-25(29)27-24-11-4-7-19-6-2-3-10-23(19)24/h2-16H,17H2,1H3,(H,27,29). The molecule has 0 saturated carbocycles. The average Bonchev–Trinajstić information content (AvgIpc) is 2.78. The first-order chi connectivity index (χ1) is 15.3. The number of amides is 1. The Morgan fingerprint density at radius 2 is 1.59 bits per heavy atom. The van der Waals surface area contributed by atoms with Crippen LogP contribution in [0.15, 0.2) is 100 Å². The predicted octanol–water partition coefficient (Wildman–Crippen LogP) is 5.74. The van der Waals surface area contributed by atoms with Crippen molar-refractivity contribution in [2.24, 2.45) is 0 Å². The van der Waals surface area contributed by atoms with Crippen molar-refractivity contribution in [2.75, 3.05) is 16.2 Å². The van der Waals surface area contributed by atoms with Crippen LogP contribution < -0.4 is 9.62 Å². The van der Waals surface area contributed by atoms with Crippen molar-refractivity contribution in [1.29, 1.82) is 0 Å². The van der Waals surface area contributed by atoms with E-state index < -0.39 is 15.9 Å². The number of nitrogens with one attached hydrogen (secondary N) is 1. The smallest absolute Gasteiger partial charge is 0.264 e. The first-order valence-corrected chi connectivity index (χ1v) is 12.2. The highest BCUT2D eigenvalue weighted by atomic mass is 79.9. The van der Waals surface area contributed by atoms with E-state index in [4.69, 9.17) is 0 Å². The van der Waals surface area contributed by atoms with Crippen LogP contribution in [0.1, 0.15) is 5.56 Å². The van der Waals surface area contributed by atoms with E-state index in [9.17, 15) is 13.2 Å². The van der Waals surface area contributed by atoms with Crippen molar-refractivity contribution in [3.63, 3.8) is 0 Å². The van der Waals surface area contributed by atoms with Gasteiger partial charge in [-0.05, 0) is 48.7 Å². The summed E-state index contributed by atoms with van der Waals surface area (Å²) in [6, 6.07) is 26.8. The van der Waals surface area contributed by atoms with Gasteiger partial charge in [0.1, 0.15) is 6.54 Å². The molecule has 1 N–H and O–H groups in total. The van der Waals surface area contributed by atoms with E-state index in [0.29, 0.717) is 15.8 Å². The molecule has 4 aromatic carbocycles. The molecule has 5 nitrogen and oxygen atoms in total. The van der Waals surface area contributed by atoms with Crippen molar-refractivity contribution in [1.82, 2.24) is 0 Å². The Kier molecular flexibility index (Phi) is 6.30. The molecule has 0 aliphatic heterocycles. The molecule has 32 heavy (non-hydrogen) atoms. The van der Waals surface area contributed by atoms with E-state index in [1.807, 2.05) is 43.3 Å². The lowest BCUT2D eigenvalue weighted by Gasteiger charge is -2.24. The summed E-state index contributed by atoms with van der Waals surface area (Å²) in [5.41, 5.74) is 1.98. The number of fused-ring (bicyclic) bond motifs is 1. The number of anilines is 2. The number of carbonyl (C=O) groups is 1. The summed E-state index contributed by atoms with van der Waals surface area (Å²) in [6.07, 6.45) is 0. The van der Waals surface area contributed by atoms with Gasteiger partial charge in [-0.15, -0.1) is 0 Å². The van der Waals surface area contributed by atoms with Gasteiger partial charge in [0, 0.05) is 15.5 Å². The fraction of sp³-hybridized carbons (Fsp3) is 0.0800. The molecule has 0 radical (unpaired) electrons. The van der Waals surface area contributed by atoms with Crippen molar-refractivity contribution < 1.29 is 13.2 Å². The molecule has 0 fully saturated rings. The second-order valence-corrected chi connectivity index (χ2v) is 10.2. The van der Waals surface area contributed by atoms with Gasteiger partial charge in [0.2, 0.25) is 5.91 Å². The fourth-order valence-corrected chi connectivity index (χ4v) is 5.24. The highest BCUT2D eigenvalue weighted by molar-refractivity contribution is 9.10. The molecule has 0 atom stereocenters. The first kappa shape index (κ1) is 22.0. The predicted molar refractivity (Wildman–Crippen MR) is 132 cm³/mol. The topological polar surface area (TPSA) is 66.5 Å². The molecule has 4 aromatic rings. The number of carbonyl (C=O) groups excluding carboxylic acids is 1. The average molecular weight is 509 g/mol. The Labute approximate surface area is 195 Å². The number of nitrogens with zero attached hydrogens (tertiary/aromatic N) is 1. The molecule has 0 aliphatic carbocycles. The zero-order valence-electron chi connectivity index (χ0n) is 17.3. The maximum Gasteiger partial charge on any atom is 0.264 e. The largest absolute Gasteiger partial charge is 0.324 e. The van der Waals surface area contributed by atoms with Gasteiger partial charge < -0.3 is 5.32 Å². The second-order valence-electron chi connectivity index (χ2n) is 7.38. The maximum absolute atomic E-state index is 13.5. The number of hydrogen-bond donors (Lipinski definition) is 1. The minimum atomic E-state index is -3.97. The number of hydrogen-bond acceptors (Lipinski definition) is 3. The van der Waals surface area contributed by atoms with Gasteiger partial charge in [0.25, 0.3) is 10.0 Å². The highest BCUT2D eigenvalue weighted by Crippen LogP contribution is 2.27. The third-order valence-electron chi connectivity index (χ3n) is 5.06. The first-order valence-electron chi connectivity index (χ1n) is 9.97. The number of halogens is 1. The Hall–Kier alpha value is -3.16. The molecule has 0 heterocycles. The Balaban J connectivity index is 1.69. The van der Waals surface area contributed by atoms with Gasteiger partial charge in [-0.3, -0.25) is 9.10 Å². The summed E-state index contributed by atoms with van der Waals surface area (Å²) in [6.45, 7) is 1.52. The van der Waals surface area contributed by atoms with E-state index in [0.717, 1.165) is 20.6 Å². The maximum atomic E-state index is 13.5. The molecule has 0 aliphatic rings. The van der Waals surface area contributed by atoms with E-state index >= 15 is 0 Å².